The van der Waals surface area contributed by atoms with Crippen molar-refractivity contribution in [1.29, 1.82) is 0 Å². The minimum absolute atomic E-state index is 0.0178. The van der Waals surface area contributed by atoms with Crippen molar-refractivity contribution in [2.45, 2.75) is 12.0 Å². The summed E-state index contributed by atoms with van der Waals surface area (Å²) in [6, 6.07) is 6.42. The topological polar surface area (TPSA) is 87.7 Å². The van der Waals surface area contributed by atoms with Crippen LogP contribution in [-0.2, 0) is 9.53 Å². The summed E-state index contributed by atoms with van der Waals surface area (Å²) in [5.41, 5.74) is -0.750. The third-order valence-electron chi connectivity index (χ3n) is 2.89. The second-order valence-corrected chi connectivity index (χ2v) is 5.19. The molecule has 0 radical (unpaired) electrons. The quantitative estimate of drug-likeness (QED) is 0.789. The molecule has 0 aliphatic carbocycles. The Morgan fingerprint density at radius 1 is 1.32 bits per heavy atom. The van der Waals surface area contributed by atoms with E-state index in [1.165, 1.54) is 0 Å². The maximum Gasteiger partial charge on any atom is 0.332 e. The van der Waals surface area contributed by atoms with E-state index in [9.17, 15) is 14.7 Å². The van der Waals surface area contributed by atoms with Gasteiger partial charge in [-0.05, 0) is 24.3 Å². The molecule has 0 spiro atoms. The Morgan fingerprint density at radius 3 is 2.53 bits per heavy atom. The number of nitrogens with one attached hydrogen (secondary N) is 2. The minimum Gasteiger partial charge on any atom is -0.479 e. The van der Waals surface area contributed by atoms with Crippen LogP contribution in [0.1, 0.15) is 6.42 Å². The number of benzene rings is 1. The zero-order valence-electron chi connectivity index (χ0n) is 9.98. The van der Waals surface area contributed by atoms with Gasteiger partial charge in [0.25, 0.3) is 0 Å². The van der Waals surface area contributed by atoms with Crippen LogP contribution in [0.15, 0.2) is 28.7 Å². The zero-order chi connectivity index (χ0) is 13.9. The monoisotopic (exact) mass is 328 g/mol. The van der Waals surface area contributed by atoms with Crippen molar-refractivity contribution in [3.05, 3.63) is 28.7 Å². The lowest BCUT2D eigenvalue weighted by Gasteiger charge is -2.23. The predicted octanol–water partition coefficient (Wildman–Crippen LogP) is 1.81. The molecular weight excluding hydrogens is 316 g/mol. The van der Waals surface area contributed by atoms with Crippen LogP contribution < -0.4 is 10.6 Å². The van der Waals surface area contributed by atoms with E-state index in [1.54, 1.807) is 24.3 Å². The molecule has 1 heterocycles. The highest BCUT2D eigenvalue weighted by atomic mass is 79.9. The molecule has 1 saturated heterocycles. The molecule has 1 aromatic carbocycles. The summed E-state index contributed by atoms with van der Waals surface area (Å²) in [5.74, 6) is -1.09. The van der Waals surface area contributed by atoms with Crippen molar-refractivity contribution in [1.82, 2.24) is 5.32 Å². The normalized spacial score (nSPS) is 21.9. The summed E-state index contributed by atoms with van der Waals surface area (Å²) in [6.45, 7) is 0.307. The molecule has 2 rings (SSSR count). The predicted molar refractivity (Wildman–Crippen MR) is 72.1 cm³/mol. The first-order chi connectivity index (χ1) is 9.02. The number of urea groups is 1. The molecule has 0 bridgehead atoms. The largest absolute Gasteiger partial charge is 0.479 e. The average Bonchev–Trinajstić information content (AvgIpc) is 2.82. The van der Waals surface area contributed by atoms with Crippen molar-refractivity contribution in [2.24, 2.45) is 0 Å². The third-order valence-corrected chi connectivity index (χ3v) is 3.41. The van der Waals surface area contributed by atoms with Crippen LogP contribution in [0.3, 0.4) is 0 Å². The molecule has 1 aliphatic heterocycles. The average molecular weight is 329 g/mol. The molecular formula is C12H13BrN2O4. The van der Waals surface area contributed by atoms with Crippen LogP contribution in [0, 0.1) is 0 Å². The Labute approximate surface area is 118 Å². The highest BCUT2D eigenvalue weighted by Gasteiger charge is 2.44. The van der Waals surface area contributed by atoms with Crippen LogP contribution in [0.4, 0.5) is 10.5 Å². The molecule has 102 valence electrons. The van der Waals surface area contributed by atoms with Gasteiger partial charge in [0, 0.05) is 23.2 Å². The number of amides is 2. The number of carbonyl (C=O) groups excluding carboxylic acids is 1. The van der Waals surface area contributed by atoms with Crippen molar-refractivity contribution < 1.29 is 19.4 Å². The van der Waals surface area contributed by atoms with Crippen molar-refractivity contribution in [3.8, 4) is 0 Å². The number of aliphatic carboxylic acids is 1. The van der Waals surface area contributed by atoms with Crippen LogP contribution in [0.5, 0.6) is 0 Å². The highest BCUT2D eigenvalue weighted by molar-refractivity contribution is 9.10. The molecule has 1 aliphatic rings. The van der Waals surface area contributed by atoms with Gasteiger partial charge in [0.1, 0.15) is 0 Å². The van der Waals surface area contributed by atoms with E-state index in [-0.39, 0.29) is 13.0 Å². The van der Waals surface area contributed by atoms with Gasteiger partial charge in [-0.2, -0.15) is 0 Å². The maximum atomic E-state index is 11.8. The second-order valence-electron chi connectivity index (χ2n) is 4.28. The van der Waals surface area contributed by atoms with Gasteiger partial charge in [-0.25, -0.2) is 9.59 Å². The number of ether oxygens (including phenoxy) is 1. The van der Waals surface area contributed by atoms with E-state index in [0.29, 0.717) is 12.3 Å². The van der Waals surface area contributed by atoms with Gasteiger partial charge in [0.2, 0.25) is 0 Å². The lowest BCUT2D eigenvalue weighted by atomic mass is 9.99. The number of rotatable bonds is 3. The van der Waals surface area contributed by atoms with Gasteiger partial charge in [0.05, 0.1) is 6.61 Å². The smallest absolute Gasteiger partial charge is 0.332 e. The molecule has 1 aromatic rings. The third kappa shape index (κ3) is 3.24. The molecule has 19 heavy (non-hydrogen) atoms. The van der Waals surface area contributed by atoms with E-state index < -0.39 is 17.5 Å². The lowest BCUT2D eigenvalue weighted by molar-refractivity contribution is -0.144. The molecule has 2 amide bonds. The molecule has 3 N–H and O–H groups in total. The number of carboxylic acid groups (broad SMARTS) is 1. The summed E-state index contributed by atoms with van der Waals surface area (Å²) in [6.07, 6.45) is 0.260. The Balaban J connectivity index is 2.00. The van der Waals surface area contributed by atoms with E-state index in [1.807, 2.05) is 0 Å². The Kier molecular flexibility index (Phi) is 4.06. The SMILES string of the molecule is O=C(Nc1ccc(Br)cc1)NC1(C(=O)O)CCOC1. The number of hydrogen-bond acceptors (Lipinski definition) is 3. The van der Waals surface area contributed by atoms with Crippen LogP contribution in [0.25, 0.3) is 0 Å². The molecule has 0 saturated carbocycles. The van der Waals surface area contributed by atoms with E-state index in [2.05, 4.69) is 26.6 Å². The number of hydrogen-bond donors (Lipinski definition) is 3. The summed E-state index contributed by atoms with van der Waals surface area (Å²) < 4.78 is 5.95. The number of carboxylic acids is 1. The summed E-state index contributed by atoms with van der Waals surface area (Å²) in [7, 11) is 0. The zero-order valence-corrected chi connectivity index (χ0v) is 11.6. The fourth-order valence-corrected chi connectivity index (χ4v) is 2.06. The fourth-order valence-electron chi connectivity index (χ4n) is 1.80. The highest BCUT2D eigenvalue weighted by Crippen LogP contribution is 2.19. The Bertz CT molecular complexity index is 483. The fraction of sp³-hybridized carbons (Fsp3) is 0.333. The summed E-state index contributed by atoms with van der Waals surface area (Å²) >= 11 is 3.29. The van der Waals surface area contributed by atoms with Gasteiger partial charge in [-0.1, -0.05) is 15.9 Å². The van der Waals surface area contributed by atoms with Gasteiger partial charge < -0.3 is 20.5 Å². The van der Waals surface area contributed by atoms with E-state index in [0.717, 1.165) is 4.47 Å². The number of anilines is 1. The summed E-state index contributed by atoms with van der Waals surface area (Å²) in [4.78, 5) is 23.0. The Hall–Kier alpha value is -1.60. The van der Waals surface area contributed by atoms with Gasteiger partial charge >= 0.3 is 12.0 Å². The maximum absolute atomic E-state index is 11.8. The van der Waals surface area contributed by atoms with Gasteiger partial charge in [0.15, 0.2) is 5.54 Å². The van der Waals surface area contributed by atoms with Crippen LogP contribution in [-0.4, -0.2) is 35.9 Å². The first-order valence-electron chi connectivity index (χ1n) is 5.68. The van der Waals surface area contributed by atoms with Gasteiger partial charge in [-0.15, -0.1) is 0 Å². The molecule has 6 nitrogen and oxygen atoms in total. The first kappa shape index (κ1) is 13.8. The van der Waals surface area contributed by atoms with Crippen molar-refractivity contribution in [3.63, 3.8) is 0 Å². The molecule has 0 aromatic heterocycles. The van der Waals surface area contributed by atoms with Crippen LogP contribution >= 0.6 is 15.9 Å². The lowest BCUT2D eigenvalue weighted by Crippen LogP contribution is -2.56. The number of carbonyl (C=O) groups is 2. The first-order valence-corrected chi connectivity index (χ1v) is 6.47. The molecule has 1 fully saturated rings. The van der Waals surface area contributed by atoms with Crippen LogP contribution in [0.2, 0.25) is 0 Å². The minimum atomic E-state index is -1.33. The van der Waals surface area contributed by atoms with Crippen molar-refractivity contribution >= 4 is 33.6 Å². The molecule has 1 unspecified atom stereocenters. The number of halogens is 1. The Morgan fingerprint density at radius 2 is 2.00 bits per heavy atom. The van der Waals surface area contributed by atoms with Crippen molar-refractivity contribution in [2.75, 3.05) is 18.5 Å². The van der Waals surface area contributed by atoms with Gasteiger partial charge in [-0.3, -0.25) is 0 Å². The summed E-state index contributed by atoms with van der Waals surface area (Å²) in [5, 5.41) is 14.2. The molecule has 7 heteroatoms. The molecule has 1 atom stereocenters. The van der Waals surface area contributed by atoms with E-state index >= 15 is 0 Å². The second kappa shape index (κ2) is 5.58. The van der Waals surface area contributed by atoms with E-state index in [4.69, 9.17) is 4.74 Å². The standard InChI is InChI=1S/C12H13BrN2O4/c13-8-1-3-9(4-2-8)14-11(18)15-12(10(16)17)5-6-19-7-12/h1-4H,5-7H2,(H,16,17)(H2,14,15,18).